The van der Waals surface area contributed by atoms with Gasteiger partial charge in [-0.05, 0) is 12.1 Å². The number of nitrogens with zero attached hydrogens (tertiary/aromatic N) is 2. The summed E-state index contributed by atoms with van der Waals surface area (Å²) in [6.07, 6.45) is 0.972. The molecule has 0 unspecified atom stereocenters. The van der Waals surface area contributed by atoms with Crippen molar-refractivity contribution in [2.24, 2.45) is 5.10 Å². The first-order chi connectivity index (χ1) is 10.9. The average Bonchev–Trinajstić information content (AvgIpc) is 2.49. The van der Waals surface area contributed by atoms with Gasteiger partial charge in [0.2, 0.25) is 0 Å². The molecule has 0 fully saturated rings. The van der Waals surface area contributed by atoms with E-state index < -0.39 is 28.0 Å². The normalized spacial score (nSPS) is 10.6. The van der Waals surface area contributed by atoms with Crippen molar-refractivity contribution in [2.45, 2.75) is 0 Å². The molecule has 0 aliphatic rings. The van der Waals surface area contributed by atoms with Crippen LogP contribution in [-0.2, 0) is 0 Å². The fraction of sp³-hybridized carbons (Fsp3) is 0. The van der Waals surface area contributed by atoms with Gasteiger partial charge in [-0.1, -0.05) is 12.1 Å². The summed E-state index contributed by atoms with van der Waals surface area (Å²) in [5.74, 6) is -2.08. The molecule has 9 heteroatoms. The van der Waals surface area contributed by atoms with Crippen molar-refractivity contribution >= 4 is 17.8 Å². The molecule has 2 aromatic rings. The first kappa shape index (κ1) is 15.8. The summed E-state index contributed by atoms with van der Waals surface area (Å²) in [5, 5.41) is 42.7. The minimum absolute atomic E-state index is 0.00874. The maximum Gasteiger partial charge on any atom is 0.311 e. The van der Waals surface area contributed by atoms with Gasteiger partial charge in [0, 0.05) is 17.7 Å². The van der Waals surface area contributed by atoms with Crippen molar-refractivity contribution in [3.8, 4) is 17.2 Å². The highest BCUT2D eigenvalue weighted by Gasteiger charge is 2.16. The third-order valence-electron chi connectivity index (χ3n) is 2.84. The summed E-state index contributed by atoms with van der Waals surface area (Å²) in [6, 6.07) is 7.50. The van der Waals surface area contributed by atoms with E-state index >= 15 is 0 Å². The van der Waals surface area contributed by atoms with Gasteiger partial charge >= 0.3 is 5.69 Å². The molecule has 4 N–H and O–H groups in total. The summed E-state index contributed by atoms with van der Waals surface area (Å²) in [4.78, 5) is 21.7. The maximum atomic E-state index is 11.8. The van der Waals surface area contributed by atoms with Gasteiger partial charge in [-0.3, -0.25) is 14.9 Å². The Hall–Kier alpha value is -3.62. The smallest absolute Gasteiger partial charge is 0.311 e. The Kier molecular flexibility index (Phi) is 4.41. The van der Waals surface area contributed by atoms with Crippen molar-refractivity contribution in [1.82, 2.24) is 5.43 Å². The van der Waals surface area contributed by atoms with Gasteiger partial charge < -0.3 is 15.3 Å². The first-order valence-corrected chi connectivity index (χ1v) is 6.22. The molecule has 1 amide bonds. The molecule has 0 aromatic heterocycles. The average molecular weight is 317 g/mol. The molecule has 0 aliphatic heterocycles. The number of aromatic hydroxyl groups is 3. The third kappa shape index (κ3) is 3.53. The molecule has 0 saturated carbocycles. The van der Waals surface area contributed by atoms with Crippen LogP contribution in [0, 0.1) is 10.1 Å². The maximum absolute atomic E-state index is 11.8. The second-order valence-electron chi connectivity index (χ2n) is 4.37. The highest BCUT2D eigenvalue weighted by atomic mass is 16.6. The predicted molar refractivity (Wildman–Crippen MR) is 79.6 cm³/mol. The largest absolute Gasteiger partial charge is 0.507 e. The number of carbonyl (C=O) groups excluding carboxylic acids is 1. The fourth-order valence-electron chi connectivity index (χ4n) is 1.72. The summed E-state index contributed by atoms with van der Waals surface area (Å²) < 4.78 is 0. The molecule has 0 bridgehead atoms. The molecule has 2 rings (SSSR count). The second kappa shape index (κ2) is 6.43. The Labute approximate surface area is 129 Å². The molecule has 0 radical (unpaired) electrons. The number of hydrogen-bond acceptors (Lipinski definition) is 7. The lowest BCUT2D eigenvalue weighted by molar-refractivity contribution is -0.385. The van der Waals surface area contributed by atoms with Crippen LogP contribution in [0.4, 0.5) is 5.69 Å². The third-order valence-corrected chi connectivity index (χ3v) is 2.84. The van der Waals surface area contributed by atoms with Crippen molar-refractivity contribution in [3.05, 3.63) is 57.6 Å². The SMILES string of the molecule is O=C(NN=Cc1cc([N+](=O)[O-])c(O)cc1O)c1ccccc1O. The van der Waals surface area contributed by atoms with E-state index in [-0.39, 0.29) is 16.9 Å². The van der Waals surface area contributed by atoms with Crippen LogP contribution in [0.2, 0.25) is 0 Å². The molecule has 2 aromatic carbocycles. The topological polar surface area (TPSA) is 145 Å². The van der Waals surface area contributed by atoms with Crippen LogP contribution in [0.25, 0.3) is 0 Å². The van der Waals surface area contributed by atoms with E-state index in [2.05, 4.69) is 10.5 Å². The van der Waals surface area contributed by atoms with Crippen LogP contribution in [0.1, 0.15) is 15.9 Å². The highest BCUT2D eigenvalue weighted by Crippen LogP contribution is 2.31. The number of phenolic OH excluding ortho intramolecular Hbond substituents is 3. The van der Waals surface area contributed by atoms with Crippen LogP contribution >= 0.6 is 0 Å². The number of phenols is 3. The Morgan fingerprint density at radius 2 is 1.83 bits per heavy atom. The summed E-state index contributed by atoms with van der Waals surface area (Å²) in [7, 11) is 0. The minimum atomic E-state index is -0.827. The number of rotatable bonds is 4. The number of hydrogen-bond donors (Lipinski definition) is 4. The van der Waals surface area contributed by atoms with E-state index in [1.165, 1.54) is 12.1 Å². The number of nitrogens with one attached hydrogen (secondary N) is 1. The van der Waals surface area contributed by atoms with E-state index in [0.29, 0.717) is 0 Å². The van der Waals surface area contributed by atoms with Crippen LogP contribution in [0.3, 0.4) is 0 Å². The Balaban J connectivity index is 2.18. The number of hydrazone groups is 1. The van der Waals surface area contributed by atoms with E-state index in [0.717, 1.165) is 18.3 Å². The zero-order valence-electron chi connectivity index (χ0n) is 11.5. The summed E-state index contributed by atoms with van der Waals surface area (Å²) in [5.41, 5.74) is 1.41. The molecule has 0 atom stereocenters. The van der Waals surface area contributed by atoms with Gasteiger partial charge in [0.25, 0.3) is 5.91 Å². The quantitative estimate of drug-likeness (QED) is 0.381. The second-order valence-corrected chi connectivity index (χ2v) is 4.37. The van der Waals surface area contributed by atoms with E-state index in [9.17, 15) is 30.2 Å². The van der Waals surface area contributed by atoms with E-state index in [1.54, 1.807) is 12.1 Å². The van der Waals surface area contributed by atoms with Crippen LogP contribution in [0.5, 0.6) is 17.2 Å². The Bertz CT molecular complexity index is 803. The molecular weight excluding hydrogens is 306 g/mol. The van der Waals surface area contributed by atoms with Gasteiger partial charge in [0.05, 0.1) is 16.7 Å². The predicted octanol–water partition coefficient (Wildman–Crippen LogP) is 1.48. The fourth-order valence-corrected chi connectivity index (χ4v) is 1.72. The van der Waals surface area contributed by atoms with Gasteiger partial charge in [-0.15, -0.1) is 0 Å². The number of benzene rings is 2. The Morgan fingerprint density at radius 3 is 2.48 bits per heavy atom. The number of carbonyl (C=O) groups is 1. The first-order valence-electron chi connectivity index (χ1n) is 6.22. The zero-order chi connectivity index (χ0) is 17.0. The van der Waals surface area contributed by atoms with E-state index in [4.69, 9.17) is 0 Å². The van der Waals surface area contributed by atoms with Crippen molar-refractivity contribution in [3.63, 3.8) is 0 Å². The molecule has 9 nitrogen and oxygen atoms in total. The number of para-hydroxylation sites is 1. The number of amides is 1. The van der Waals surface area contributed by atoms with Crippen LogP contribution in [0.15, 0.2) is 41.5 Å². The van der Waals surface area contributed by atoms with Gasteiger partial charge in [-0.25, -0.2) is 5.43 Å². The molecule has 0 saturated heterocycles. The summed E-state index contributed by atoms with van der Waals surface area (Å²) in [6.45, 7) is 0. The molecule has 0 aliphatic carbocycles. The summed E-state index contributed by atoms with van der Waals surface area (Å²) >= 11 is 0. The lowest BCUT2D eigenvalue weighted by atomic mass is 10.2. The minimum Gasteiger partial charge on any atom is -0.507 e. The van der Waals surface area contributed by atoms with Crippen LogP contribution in [-0.4, -0.2) is 32.4 Å². The molecule has 23 heavy (non-hydrogen) atoms. The monoisotopic (exact) mass is 317 g/mol. The zero-order valence-corrected chi connectivity index (χ0v) is 11.5. The number of nitro groups is 1. The highest BCUT2D eigenvalue weighted by molar-refractivity contribution is 5.97. The van der Waals surface area contributed by atoms with Gasteiger partial charge in [0.15, 0.2) is 5.75 Å². The number of nitro benzene ring substituents is 1. The Morgan fingerprint density at radius 1 is 1.13 bits per heavy atom. The lowest BCUT2D eigenvalue weighted by Crippen LogP contribution is -2.17. The van der Waals surface area contributed by atoms with Crippen LogP contribution < -0.4 is 5.43 Å². The lowest BCUT2D eigenvalue weighted by Gasteiger charge is -2.03. The molecule has 0 spiro atoms. The molecular formula is C14H11N3O6. The standard InChI is InChI=1S/C14H11N3O6/c18-11-4-2-1-3-9(11)14(21)16-15-7-8-5-10(17(22)23)13(20)6-12(8)19/h1-7,18-20H,(H,16,21). The van der Waals surface area contributed by atoms with E-state index in [1.807, 2.05) is 0 Å². The molecule has 0 heterocycles. The van der Waals surface area contributed by atoms with Crippen molar-refractivity contribution in [2.75, 3.05) is 0 Å². The molecule has 118 valence electrons. The van der Waals surface area contributed by atoms with Gasteiger partial charge in [-0.2, -0.15) is 5.10 Å². The van der Waals surface area contributed by atoms with Crippen molar-refractivity contribution in [1.29, 1.82) is 0 Å². The van der Waals surface area contributed by atoms with Crippen molar-refractivity contribution < 1.29 is 25.0 Å². The van der Waals surface area contributed by atoms with Gasteiger partial charge in [0.1, 0.15) is 11.5 Å².